The van der Waals surface area contributed by atoms with E-state index in [0.29, 0.717) is 5.75 Å². The Labute approximate surface area is 103 Å². The van der Waals surface area contributed by atoms with Crippen LogP contribution in [0.4, 0.5) is 0 Å². The van der Waals surface area contributed by atoms with E-state index in [1.807, 2.05) is 18.2 Å². The van der Waals surface area contributed by atoms with Crippen LogP contribution in [0.3, 0.4) is 0 Å². The smallest absolute Gasteiger partial charge is 0.300 e. The van der Waals surface area contributed by atoms with E-state index < -0.39 is 5.97 Å². The Hall–Kier alpha value is -0.0500. The zero-order valence-corrected chi connectivity index (χ0v) is 11.1. The Balaban J connectivity index is 0.000000310. The van der Waals surface area contributed by atoms with Crippen molar-refractivity contribution in [1.29, 1.82) is 0 Å². The van der Waals surface area contributed by atoms with E-state index in [2.05, 4.69) is 45.2 Å². The number of phenols is 1. The van der Waals surface area contributed by atoms with Gasteiger partial charge in [-0.05, 0) is 57.3 Å². The van der Waals surface area contributed by atoms with Gasteiger partial charge in [0.15, 0.2) is 0 Å². The van der Waals surface area contributed by atoms with E-state index in [1.54, 1.807) is 0 Å². The number of carbonyl (C=O) groups is 1. The van der Waals surface area contributed by atoms with Gasteiger partial charge in [-0.3, -0.25) is 4.79 Å². The highest BCUT2D eigenvalue weighted by atomic mass is 127. The van der Waals surface area contributed by atoms with Crippen molar-refractivity contribution in [2.24, 2.45) is 0 Å². The second kappa shape index (κ2) is 6.41. The maximum atomic E-state index is 9.19. The second-order valence-electron chi connectivity index (χ2n) is 2.09. The first-order chi connectivity index (χ1) is 5.95. The third-order valence-electron chi connectivity index (χ3n) is 0.938. The highest BCUT2D eigenvalue weighted by molar-refractivity contribution is 14.1. The molecular weight excluding hydrogens is 398 g/mol. The van der Waals surface area contributed by atoms with Crippen LogP contribution in [0, 0.1) is 7.14 Å². The van der Waals surface area contributed by atoms with Crippen LogP contribution in [0.25, 0.3) is 0 Å². The van der Waals surface area contributed by atoms with Gasteiger partial charge < -0.3 is 10.2 Å². The maximum Gasteiger partial charge on any atom is 0.300 e. The van der Waals surface area contributed by atoms with Crippen LogP contribution in [0.2, 0.25) is 0 Å². The summed E-state index contributed by atoms with van der Waals surface area (Å²) >= 11 is 4.19. The molecule has 0 heterocycles. The first kappa shape index (κ1) is 12.9. The number of aliphatic carboxylic acids is 1. The molecule has 0 aromatic heterocycles. The lowest BCUT2D eigenvalue weighted by Gasteiger charge is -1.96. The van der Waals surface area contributed by atoms with E-state index >= 15 is 0 Å². The molecule has 5 heteroatoms. The zero-order chi connectivity index (χ0) is 10.4. The normalized spacial score (nSPS) is 8.54. The quantitative estimate of drug-likeness (QED) is 0.652. The number of rotatable bonds is 0. The fourth-order valence-corrected chi connectivity index (χ4v) is 2.00. The summed E-state index contributed by atoms with van der Waals surface area (Å²) in [6, 6.07) is 5.67. The van der Waals surface area contributed by atoms with Gasteiger partial charge in [0, 0.05) is 6.92 Å². The number of carboxylic acid groups (broad SMARTS) is 1. The van der Waals surface area contributed by atoms with E-state index in [1.165, 1.54) is 0 Å². The summed E-state index contributed by atoms with van der Waals surface area (Å²) in [4.78, 5) is 9.00. The minimum absolute atomic E-state index is 0.388. The molecular formula is C8H8I2O3. The maximum absolute atomic E-state index is 9.19. The van der Waals surface area contributed by atoms with E-state index in [0.717, 1.165) is 14.1 Å². The molecule has 0 bridgehead atoms. The summed E-state index contributed by atoms with van der Waals surface area (Å²) in [7, 11) is 0. The van der Waals surface area contributed by atoms with Crippen LogP contribution in [0.15, 0.2) is 18.2 Å². The van der Waals surface area contributed by atoms with E-state index in [9.17, 15) is 5.11 Å². The fourth-order valence-electron chi connectivity index (χ4n) is 0.489. The Morgan fingerprint density at radius 1 is 1.31 bits per heavy atom. The molecule has 0 fully saturated rings. The monoisotopic (exact) mass is 406 g/mol. The molecule has 0 unspecified atom stereocenters. The summed E-state index contributed by atoms with van der Waals surface area (Å²) in [6.07, 6.45) is 0. The standard InChI is InChI=1S/C6H4I2O.C2H4O2/c7-4-2-1-3-5(8)6(4)9;1-2(3)4/h1-3,9H;1H3,(H,3,4). The molecule has 0 saturated carbocycles. The van der Waals surface area contributed by atoms with Crippen LogP contribution in [-0.4, -0.2) is 16.2 Å². The molecule has 0 aliphatic carbocycles. The van der Waals surface area contributed by atoms with E-state index in [4.69, 9.17) is 9.90 Å². The topological polar surface area (TPSA) is 57.5 Å². The van der Waals surface area contributed by atoms with Crippen molar-refractivity contribution in [3.05, 3.63) is 25.3 Å². The van der Waals surface area contributed by atoms with Crippen molar-refractivity contribution in [2.45, 2.75) is 6.92 Å². The van der Waals surface area contributed by atoms with Crippen LogP contribution in [-0.2, 0) is 4.79 Å². The number of aromatic hydroxyl groups is 1. The Morgan fingerprint density at radius 2 is 1.62 bits per heavy atom. The molecule has 0 radical (unpaired) electrons. The van der Waals surface area contributed by atoms with Gasteiger partial charge in [-0.1, -0.05) is 6.07 Å². The zero-order valence-electron chi connectivity index (χ0n) is 6.79. The SMILES string of the molecule is CC(=O)O.Oc1c(I)cccc1I. The lowest BCUT2D eigenvalue weighted by molar-refractivity contribution is -0.134. The fraction of sp³-hybridized carbons (Fsp3) is 0.125. The number of para-hydroxylation sites is 1. The minimum Gasteiger partial charge on any atom is -0.506 e. The summed E-state index contributed by atoms with van der Waals surface area (Å²) < 4.78 is 1.80. The number of carboxylic acids is 1. The van der Waals surface area contributed by atoms with Gasteiger partial charge in [0.1, 0.15) is 5.75 Å². The molecule has 13 heavy (non-hydrogen) atoms. The van der Waals surface area contributed by atoms with Gasteiger partial charge >= 0.3 is 0 Å². The van der Waals surface area contributed by atoms with Gasteiger partial charge in [0.05, 0.1) is 7.14 Å². The van der Waals surface area contributed by atoms with Gasteiger partial charge in [0.25, 0.3) is 5.97 Å². The first-order valence-electron chi connectivity index (χ1n) is 3.27. The lowest BCUT2D eigenvalue weighted by Crippen LogP contribution is -1.78. The van der Waals surface area contributed by atoms with Crippen LogP contribution < -0.4 is 0 Å². The predicted molar refractivity (Wildman–Crippen MR) is 66.9 cm³/mol. The third kappa shape index (κ3) is 6.08. The molecule has 1 rings (SSSR count). The average molecular weight is 406 g/mol. The Morgan fingerprint density at radius 3 is 1.85 bits per heavy atom. The number of hydrogen-bond acceptors (Lipinski definition) is 2. The average Bonchev–Trinajstić information content (AvgIpc) is 1.99. The highest BCUT2D eigenvalue weighted by Gasteiger charge is 1.98. The molecule has 0 amide bonds. The second-order valence-corrected chi connectivity index (χ2v) is 4.41. The summed E-state index contributed by atoms with van der Waals surface area (Å²) in [6.45, 7) is 1.08. The molecule has 0 aliphatic rings. The largest absolute Gasteiger partial charge is 0.506 e. The number of hydrogen-bond donors (Lipinski definition) is 2. The van der Waals surface area contributed by atoms with Crippen molar-refractivity contribution in [2.75, 3.05) is 0 Å². The van der Waals surface area contributed by atoms with Crippen molar-refractivity contribution < 1.29 is 15.0 Å². The van der Waals surface area contributed by atoms with E-state index in [-0.39, 0.29) is 0 Å². The summed E-state index contributed by atoms with van der Waals surface area (Å²) in [5.74, 6) is -0.446. The number of phenolic OH excluding ortho intramolecular Hbond substituents is 1. The molecule has 1 aromatic carbocycles. The molecule has 0 saturated heterocycles. The van der Waals surface area contributed by atoms with Gasteiger partial charge in [-0.25, -0.2) is 0 Å². The van der Waals surface area contributed by atoms with Crippen molar-refractivity contribution >= 4 is 51.2 Å². The Kier molecular flexibility index (Phi) is 6.39. The number of benzene rings is 1. The van der Waals surface area contributed by atoms with Crippen LogP contribution in [0.1, 0.15) is 6.92 Å². The molecule has 2 N–H and O–H groups in total. The van der Waals surface area contributed by atoms with Crippen molar-refractivity contribution in [3.63, 3.8) is 0 Å². The molecule has 0 aliphatic heterocycles. The number of halogens is 2. The predicted octanol–water partition coefficient (Wildman–Crippen LogP) is 2.69. The van der Waals surface area contributed by atoms with Gasteiger partial charge in [0.2, 0.25) is 0 Å². The Bertz CT molecular complexity index is 275. The van der Waals surface area contributed by atoms with Crippen LogP contribution in [0.5, 0.6) is 5.75 Å². The molecule has 0 spiro atoms. The third-order valence-corrected chi connectivity index (χ3v) is 2.68. The minimum atomic E-state index is -0.833. The highest BCUT2D eigenvalue weighted by Crippen LogP contribution is 2.24. The van der Waals surface area contributed by atoms with Gasteiger partial charge in [-0.15, -0.1) is 0 Å². The summed E-state index contributed by atoms with van der Waals surface area (Å²) in [5, 5.41) is 16.6. The van der Waals surface area contributed by atoms with Crippen molar-refractivity contribution in [1.82, 2.24) is 0 Å². The molecule has 1 aromatic rings. The van der Waals surface area contributed by atoms with Gasteiger partial charge in [-0.2, -0.15) is 0 Å². The molecule has 0 atom stereocenters. The first-order valence-corrected chi connectivity index (χ1v) is 5.43. The molecule has 72 valence electrons. The lowest BCUT2D eigenvalue weighted by atomic mass is 10.3. The van der Waals surface area contributed by atoms with Crippen molar-refractivity contribution in [3.8, 4) is 5.75 Å². The molecule has 3 nitrogen and oxygen atoms in total. The summed E-state index contributed by atoms with van der Waals surface area (Å²) in [5.41, 5.74) is 0. The van der Waals surface area contributed by atoms with Crippen LogP contribution >= 0.6 is 45.2 Å².